The van der Waals surface area contributed by atoms with Gasteiger partial charge in [-0.05, 0) is 45.8 Å². The predicted octanol–water partition coefficient (Wildman–Crippen LogP) is 2.94. The van der Waals surface area contributed by atoms with Crippen molar-refractivity contribution in [3.63, 3.8) is 0 Å². The zero-order valence-corrected chi connectivity index (χ0v) is 13.6. The van der Waals surface area contributed by atoms with E-state index in [0.29, 0.717) is 0 Å². The summed E-state index contributed by atoms with van der Waals surface area (Å²) in [5.74, 6) is 1.68. The molecule has 0 amide bonds. The van der Waals surface area contributed by atoms with E-state index in [0.717, 1.165) is 41.6 Å². The number of hydrogen-bond donors (Lipinski definition) is 2. The fraction of sp³-hybridized carbons (Fsp3) is 0.600. The van der Waals surface area contributed by atoms with Gasteiger partial charge >= 0.3 is 0 Å². The Kier molecular flexibility index (Phi) is 4.55. The van der Waals surface area contributed by atoms with Crippen LogP contribution in [0.4, 0.5) is 11.8 Å². The molecule has 0 unspecified atom stereocenters. The summed E-state index contributed by atoms with van der Waals surface area (Å²) in [6.45, 7) is 9.52. The van der Waals surface area contributed by atoms with Crippen molar-refractivity contribution in [2.45, 2.75) is 26.7 Å². The first-order valence-corrected chi connectivity index (χ1v) is 8.56. The predicted molar refractivity (Wildman–Crippen MR) is 90.5 cm³/mol. The standard InChI is InChI=1S/C15H23N5S/c1-3-16-15-18-13(12-10-11(2)21-14(12)19-15)17-6-9-20-7-4-5-8-20/h10H,3-9H2,1-2H3,(H2,16,17,18,19). The first-order valence-electron chi connectivity index (χ1n) is 7.74. The molecule has 2 aromatic rings. The average Bonchev–Trinajstić information content (AvgIpc) is 3.07. The zero-order valence-electron chi connectivity index (χ0n) is 12.8. The molecule has 0 radical (unpaired) electrons. The maximum Gasteiger partial charge on any atom is 0.226 e. The molecule has 2 aromatic heterocycles. The van der Waals surface area contributed by atoms with Gasteiger partial charge in [-0.1, -0.05) is 0 Å². The Morgan fingerprint density at radius 2 is 2.05 bits per heavy atom. The summed E-state index contributed by atoms with van der Waals surface area (Å²) in [6.07, 6.45) is 2.68. The van der Waals surface area contributed by atoms with Crippen molar-refractivity contribution in [1.82, 2.24) is 14.9 Å². The number of likely N-dealkylation sites (tertiary alicyclic amines) is 1. The van der Waals surface area contributed by atoms with Crippen LogP contribution in [0.1, 0.15) is 24.6 Å². The Balaban J connectivity index is 1.74. The van der Waals surface area contributed by atoms with Crippen molar-refractivity contribution in [3.05, 3.63) is 10.9 Å². The SMILES string of the molecule is CCNc1nc(NCCN2CCCC2)c2cc(C)sc2n1. The number of nitrogens with zero attached hydrogens (tertiary/aromatic N) is 3. The highest BCUT2D eigenvalue weighted by Gasteiger charge is 2.13. The van der Waals surface area contributed by atoms with E-state index in [-0.39, 0.29) is 0 Å². The Labute approximate surface area is 129 Å². The van der Waals surface area contributed by atoms with Gasteiger partial charge in [-0.2, -0.15) is 4.98 Å². The highest BCUT2D eigenvalue weighted by Crippen LogP contribution is 2.29. The van der Waals surface area contributed by atoms with Crippen molar-refractivity contribution < 1.29 is 0 Å². The van der Waals surface area contributed by atoms with Gasteiger partial charge in [0, 0.05) is 24.5 Å². The quantitative estimate of drug-likeness (QED) is 0.859. The van der Waals surface area contributed by atoms with Crippen LogP contribution in [-0.4, -0.2) is 47.6 Å². The van der Waals surface area contributed by atoms with E-state index >= 15 is 0 Å². The van der Waals surface area contributed by atoms with Crippen LogP contribution in [0.5, 0.6) is 0 Å². The Morgan fingerprint density at radius 1 is 1.24 bits per heavy atom. The molecule has 1 saturated heterocycles. The lowest BCUT2D eigenvalue weighted by Crippen LogP contribution is -2.26. The third kappa shape index (κ3) is 3.44. The smallest absolute Gasteiger partial charge is 0.226 e. The number of nitrogens with one attached hydrogen (secondary N) is 2. The summed E-state index contributed by atoms with van der Waals surface area (Å²) in [5, 5.41) is 7.85. The number of aryl methyl sites for hydroxylation is 1. The maximum atomic E-state index is 4.62. The lowest BCUT2D eigenvalue weighted by Gasteiger charge is -2.15. The maximum absolute atomic E-state index is 4.62. The summed E-state index contributed by atoms with van der Waals surface area (Å²) in [4.78, 5) is 14.0. The van der Waals surface area contributed by atoms with Gasteiger partial charge in [0.2, 0.25) is 5.95 Å². The van der Waals surface area contributed by atoms with E-state index in [9.17, 15) is 0 Å². The van der Waals surface area contributed by atoms with E-state index in [1.807, 2.05) is 0 Å². The van der Waals surface area contributed by atoms with Gasteiger partial charge < -0.3 is 15.5 Å². The molecule has 0 aromatic carbocycles. The fourth-order valence-corrected chi connectivity index (χ4v) is 3.63. The molecule has 0 atom stereocenters. The second-order valence-electron chi connectivity index (χ2n) is 5.48. The van der Waals surface area contributed by atoms with Crippen LogP contribution in [0.3, 0.4) is 0 Å². The minimum atomic E-state index is 0.718. The third-order valence-electron chi connectivity index (χ3n) is 3.77. The monoisotopic (exact) mass is 305 g/mol. The Hall–Kier alpha value is -1.40. The van der Waals surface area contributed by atoms with E-state index in [1.165, 1.54) is 30.8 Å². The van der Waals surface area contributed by atoms with Crippen LogP contribution in [0, 0.1) is 6.92 Å². The zero-order chi connectivity index (χ0) is 14.7. The summed E-state index contributed by atoms with van der Waals surface area (Å²) >= 11 is 1.72. The minimum Gasteiger partial charge on any atom is -0.368 e. The Morgan fingerprint density at radius 3 is 2.81 bits per heavy atom. The van der Waals surface area contributed by atoms with Crippen molar-refractivity contribution in [2.24, 2.45) is 0 Å². The van der Waals surface area contributed by atoms with Crippen LogP contribution in [0.15, 0.2) is 6.07 Å². The summed E-state index contributed by atoms with van der Waals surface area (Å²) < 4.78 is 0. The van der Waals surface area contributed by atoms with E-state index in [4.69, 9.17) is 0 Å². The van der Waals surface area contributed by atoms with Crippen molar-refractivity contribution in [2.75, 3.05) is 43.4 Å². The van der Waals surface area contributed by atoms with Gasteiger partial charge in [0.15, 0.2) is 0 Å². The molecule has 114 valence electrons. The summed E-state index contributed by atoms with van der Waals surface area (Å²) in [7, 11) is 0. The molecule has 2 N–H and O–H groups in total. The van der Waals surface area contributed by atoms with Crippen molar-refractivity contribution in [1.29, 1.82) is 0 Å². The molecule has 6 heteroatoms. The molecule has 1 aliphatic rings. The molecule has 0 spiro atoms. The number of rotatable bonds is 6. The van der Waals surface area contributed by atoms with E-state index in [1.54, 1.807) is 11.3 Å². The van der Waals surface area contributed by atoms with Gasteiger partial charge in [0.1, 0.15) is 10.6 Å². The van der Waals surface area contributed by atoms with E-state index in [2.05, 4.69) is 45.4 Å². The number of fused-ring (bicyclic) bond motifs is 1. The largest absolute Gasteiger partial charge is 0.368 e. The molecule has 3 rings (SSSR count). The fourth-order valence-electron chi connectivity index (χ4n) is 2.75. The number of anilines is 2. The number of thiophene rings is 1. The van der Waals surface area contributed by atoms with Gasteiger partial charge in [-0.3, -0.25) is 0 Å². The molecule has 0 aliphatic carbocycles. The van der Waals surface area contributed by atoms with Crippen LogP contribution in [-0.2, 0) is 0 Å². The van der Waals surface area contributed by atoms with Crippen molar-refractivity contribution in [3.8, 4) is 0 Å². The lowest BCUT2D eigenvalue weighted by molar-refractivity contribution is 0.352. The van der Waals surface area contributed by atoms with Gasteiger partial charge in [0.25, 0.3) is 0 Å². The minimum absolute atomic E-state index is 0.718. The van der Waals surface area contributed by atoms with Crippen LogP contribution >= 0.6 is 11.3 Å². The molecular weight excluding hydrogens is 282 g/mol. The first kappa shape index (κ1) is 14.5. The van der Waals surface area contributed by atoms with Crippen LogP contribution < -0.4 is 10.6 Å². The Bertz CT molecular complexity index is 603. The van der Waals surface area contributed by atoms with Crippen molar-refractivity contribution >= 4 is 33.3 Å². The molecule has 3 heterocycles. The molecular formula is C15H23N5S. The topological polar surface area (TPSA) is 53.1 Å². The molecule has 1 aliphatic heterocycles. The molecule has 0 saturated carbocycles. The number of aromatic nitrogens is 2. The second kappa shape index (κ2) is 6.58. The van der Waals surface area contributed by atoms with Crippen LogP contribution in [0.2, 0.25) is 0 Å². The normalized spacial score (nSPS) is 15.7. The highest BCUT2D eigenvalue weighted by molar-refractivity contribution is 7.18. The second-order valence-corrected chi connectivity index (χ2v) is 6.71. The molecule has 0 bridgehead atoms. The summed E-state index contributed by atoms with van der Waals surface area (Å²) in [6, 6.07) is 2.17. The third-order valence-corrected chi connectivity index (χ3v) is 4.71. The van der Waals surface area contributed by atoms with Gasteiger partial charge in [0.05, 0.1) is 5.39 Å². The summed E-state index contributed by atoms with van der Waals surface area (Å²) in [5.41, 5.74) is 0. The van der Waals surface area contributed by atoms with Gasteiger partial charge in [-0.25, -0.2) is 4.98 Å². The average molecular weight is 305 g/mol. The molecule has 1 fully saturated rings. The van der Waals surface area contributed by atoms with E-state index < -0.39 is 0 Å². The van der Waals surface area contributed by atoms with Crippen LogP contribution in [0.25, 0.3) is 10.2 Å². The number of hydrogen-bond acceptors (Lipinski definition) is 6. The highest BCUT2D eigenvalue weighted by atomic mass is 32.1. The molecule has 5 nitrogen and oxygen atoms in total. The molecule has 21 heavy (non-hydrogen) atoms. The first-order chi connectivity index (χ1) is 10.3. The van der Waals surface area contributed by atoms with Gasteiger partial charge in [-0.15, -0.1) is 11.3 Å². The lowest BCUT2D eigenvalue weighted by atomic mass is 10.3.